The van der Waals surface area contributed by atoms with Gasteiger partial charge in [0.05, 0.1) is 12.2 Å². The fraction of sp³-hybridized carbons (Fsp3) is 0.778. The fourth-order valence-electron chi connectivity index (χ4n) is 2.05. The Labute approximate surface area is 114 Å². The summed E-state index contributed by atoms with van der Waals surface area (Å²) < 4.78 is 33.5. The molecule has 9 heteroatoms. The highest BCUT2D eigenvalue weighted by molar-refractivity contribution is 9.10. The molecule has 0 spiro atoms. The summed E-state index contributed by atoms with van der Waals surface area (Å²) in [5, 5.41) is 7.48. The molecule has 1 aliphatic heterocycles. The molecule has 1 fully saturated rings. The van der Waals surface area contributed by atoms with E-state index in [0.717, 1.165) is 0 Å². The standard InChI is InChI=1S/C9H15BrN4O3S/c1-6-4-14(5-7(2)17-6)18(15,16)9-8(10)11-12-13(9)3/h6-7H,4-5H2,1-3H3/t6-,7+. The molecule has 18 heavy (non-hydrogen) atoms. The quantitative estimate of drug-likeness (QED) is 0.778. The lowest BCUT2D eigenvalue weighted by Gasteiger charge is -2.34. The average Bonchev–Trinajstić information content (AvgIpc) is 2.57. The number of aryl methyl sites for hydroxylation is 1. The van der Waals surface area contributed by atoms with Crippen LogP contribution in [0.15, 0.2) is 9.63 Å². The molecule has 0 bridgehead atoms. The minimum Gasteiger partial charge on any atom is -0.373 e. The normalized spacial score (nSPS) is 26.4. The van der Waals surface area contributed by atoms with E-state index in [4.69, 9.17) is 4.74 Å². The lowest BCUT2D eigenvalue weighted by Crippen LogP contribution is -2.48. The van der Waals surface area contributed by atoms with E-state index in [2.05, 4.69) is 26.2 Å². The third-order valence-corrected chi connectivity index (χ3v) is 5.43. The Bertz CT molecular complexity index is 515. The van der Waals surface area contributed by atoms with Gasteiger partial charge in [0.2, 0.25) is 5.03 Å². The Hall–Kier alpha value is -0.510. The molecule has 1 aromatic rings. The van der Waals surface area contributed by atoms with Crippen LogP contribution in [0, 0.1) is 0 Å². The molecule has 0 saturated carbocycles. The summed E-state index contributed by atoms with van der Waals surface area (Å²) in [6.45, 7) is 4.39. The number of halogens is 1. The van der Waals surface area contributed by atoms with Crippen LogP contribution in [0.25, 0.3) is 0 Å². The van der Waals surface area contributed by atoms with Crippen LogP contribution in [-0.2, 0) is 21.8 Å². The van der Waals surface area contributed by atoms with Crippen molar-refractivity contribution in [2.75, 3.05) is 13.1 Å². The van der Waals surface area contributed by atoms with Crippen molar-refractivity contribution >= 4 is 26.0 Å². The summed E-state index contributed by atoms with van der Waals surface area (Å²) in [5.74, 6) is 0. The number of ether oxygens (including phenoxy) is 1. The maximum absolute atomic E-state index is 12.5. The summed E-state index contributed by atoms with van der Waals surface area (Å²) in [4.78, 5) is 0. The van der Waals surface area contributed by atoms with Crippen molar-refractivity contribution in [2.24, 2.45) is 7.05 Å². The van der Waals surface area contributed by atoms with Crippen molar-refractivity contribution < 1.29 is 13.2 Å². The highest BCUT2D eigenvalue weighted by Crippen LogP contribution is 2.24. The van der Waals surface area contributed by atoms with Gasteiger partial charge in [0.15, 0.2) is 4.60 Å². The molecule has 7 nitrogen and oxygen atoms in total. The highest BCUT2D eigenvalue weighted by atomic mass is 79.9. The van der Waals surface area contributed by atoms with Gasteiger partial charge in [-0.1, -0.05) is 5.21 Å². The van der Waals surface area contributed by atoms with Crippen LogP contribution < -0.4 is 0 Å². The van der Waals surface area contributed by atoms with Gasteiger partial charge >= 0.3 is 0 Å². The van der Waals surface area contributed by atoms with E-state index in [9.17, 15) is 8.42 Å². The van der Waals surface area contributed by atoms with Crippen LogP contribution in [0.4, 0.5) is 0 Å². The van der Waals surface area contributed by atoms with Crippen molar-refractivity contribution in [1.29, 1.82) is 0 Å². The number of nitrogens with zero attached hydrogens (tertiary/aromatic N) is 4. The molecule has 0 unspecified atom stereocenters. The molecular formula is C9H15BrN4O3S. The van der Waals surface area contributed by atoms with Gasteiger partial charge < -0.3 is 4.74 Å². The van der Waals surface area contributed by atoms with Crippen molar-refractivity contribution in [1.82, 2.24) is 19.3 Å². The summed E-state index contributed by atoms with van der Waals surface area (Å²) in [7, 11) is -2.05. The number of hydrogen-bond acceptors (Lipinski definition) is 5. The maximum Gasteiger partial charge on any atom is 0.263 e. The van der Waals surface area contributed by atoms with E-state index < -0.39 is 10.0 Å². The van der Waals surface area contributed by atoms with E-state index >= 15 is 0 Å². The van der Waals surface area contributed by atoms with Gasteiger partial charge in [-0.05, 0) is 29.8 Å². The molecule has 1 saturated heterocycles. The van der Waals surface area contributed by atoms with Crippen LogP contribution in [0.2, 0.25) is 0 Å². The van der Waals surface area contributed by atoms with Crippen molar-refractivity contribution in [3.8, 4) is 0 Å². The number of rotatable bonds is 2. The number of sulfonamides is 1. The molecule has 0 radical (unpaired) electrons. The van der Waals surface area contributed by atoms with Gasteiger partial charge in [-0.25, -0.2) is 13.1 Å². The number of aromatic nitrogens is 3. The Morgan fingerprint density at radius 3 is 2.33 bits per heavy atom. The highest BCUT2D eigenvalue weighted by Gasteiger charge is 2.35. The predicted octanol–water partition coefficient (Wildman–Crippen LogP) is 0.375. The second kappa shape index (κ2) is 4.87. The summed E-state index contributed by atoms with van der Waals surface area (Å²) in [6, 6.07) is 0. The van der Waals surface area contributed by atoms with Crippen molar-refractivity contribution in [3.63, 3.8) is 0 Å². The van der Waals surface area contributed by atoms with E-state index in [1.54, 1.807) is 7.05 Å². The minimum absolute atomic E-state index is 0.0730. The minimum atomic E-state index is -3.60. The molecule has 2 heterocycles. The lowest BCUT2D eigenvalue weighted by molar-refractivity contribution is -0.0442. The van der Waals surface area contributed by atoms with E-state index in [1.807, 2.05) is 13.8 Å². The zero-order valence-electron chi connectivity index (χ0n) is 10.4. The van der Waals surface area contributed by atoms with Gasteiger partial charge in [0.1, 0.15) is 0 Å². The Morgan fingerprint density at radius 1 is 1.33 bits per heavy atom. The topological polar surface area (TPSA) is 77.3 Å². The second-order valence-corrected chi connectivity index (χ2v) is 6.99. The third-order valence-electron chi connectivity index (χ3n) is 2.71. The van der Waals surface area contributed by atoms with E-state index in [1.165, 1.54) is 8.99 Å². The molecule has 0 aromatic carbocycles. The van der Waals surface area contributed by atoms with Crippen LogP contribution >= 0.6 is 15.9 Å². The van der Waals surface area contributed by atoms with Crippen LogP contribution in [0.5, 0.6) is 0 Å². The SMILES string of the molecule is C[C@@H]1CN(S(=O)(=O)c2c(Br)nnn2C)C[C@H](C)O1. The first-order chi connectivity index (χ1) is 8.32. The summed E-state index contributed by atoms with van der Waals surface area (Å²) in [6.07, 6.45) is -0.244. The first-order valence-corrected chi connectivity index (χ1v) is 7.76. The van der Waals surface area contributed by atoms with Gasteiger partial charge in [-0.15, -0.1) is 5.10 Å². The first kappa shape index (κ1) is 13.9. The monoisotopic (exact) mass is 338 g/mol. The van der Waals surface area contributed by atoms with Gasteiger partial charge in [0, 0.05) is 20.1 Å². The van der Waals surface area contributed by atoms with Crippen LogP contribution in [0.3, 0.4) is 0 Å². The molecule has 0 amide bonds. The fourth-order valence-corrected chi connectivity index (χ4v) is 4.67. The summed E-state index contributed by atoms with van der Waals surface area (Å²) in [5.41, 5.74) is 0. The molecule has 2 rings (SSSR count). The number of morpholine rings is 1. The van der Waals surface area contributed by atoms with Gasteiger partial charge in [-0.2, -0.15) is 4.31 Å². The predicted molar refractivity (Wildman–Crippen MR) is 67.5 cm³/mol. The molecule has 102 valence electrons. The van der Waals surface area contributed by atoms with Crippen molar-refractivity contribution in [2.45, 2.75) is 31.1 Å². The molecule has 1 aliphatic rings. The smallest absolute Gasteiger partial charge is 0.263 e. The Morgan fingerprint density at radius 2 is 1.89 bits per heavy atom. The van der Waals surface area contributed by atoms with Gasteiger partial charge in [-0.3, -0.25) is 0 Å². The molecular weight excluding hydrogens is 324 g/mol. The van der Waals surface area contributed by atoms with Crippen LogP contribution in [0.1, 0.15) is 13.8 Å². The lowest BCUT2D eigenvalue weighted by atomic mass is 10.3. The zero-order chi connectivity index (χ0) is 13.5. The second-order valence-electron chi connectivity index (χ2n) is 4.39. The Balaban J connectivity index is 2.37. The average molecular weight is 339 g/mol. The largest absolute Gasteiger partial charge is 0.373 e. The molecule has 0 N–H and O–H groups in total. The van der Waals surface area contributed by atoms with Crippen molar-refractivity contribution in [3.05, 3.63) is 4.60 Å². The Kier molecular flexibility index (Phi) is 3.77. The zero-order valence-corrected chi connectivity index (χ0v) is 12.8. The van der Waals surface area contributed by atoms with Gasteiger partial charge in [0.25, 0.3) is 10.0 Å². The maximum atomic E-state index is 12.5. The van der Waals surface area contributed by atoms with E-state index in [-0.39, 0.29) is 21.8 Å². The molecule has 2 atom stereocenters. The van der Waals surface area contributed by atoms with E-state index in [0.29, 0.717) is 13.1 Å². The molecule has 1 aromatic heterocycles. The molecule has 0 aliphatic carbocycles. The first-order valence-electron chi connectivity index (χ1n) is 5.53. The number of hydrogen-bond donors (Lipinski definition) is 0. The summed E-state index contributed by atoms with van der Waals surface area (Å²) >= 11 is 3.12. The third kappa shape index (κ3) is 2.44. The van der Waals surface area contributed by atoms with Crippen LogP contribution in [-0.4, -0.2) is 53.0 Å².